The summed E-state index contributed by atoms with van der Waals surface area (Å²) in [5.41, 5.74) is 6.17. The highest BCUT2D eigenvalue weighted by Gasteiger charge is 2.27. The van der Waals surface area contributed by atoms with Gasteiger partial charge in [0, 0.05) is 11.6 Å². The van der Waals surface area contributed by atoms with Crippen LogP contribution in [0.4, 0.5) is 0 Å². The lowest BCUT2D eigenvalue weighted by atomic mass is 10.1. The zero-order chi connectivity index (χ0) is 14.9. The van der Waals surface area contributed by atoms with Crippen molar-refractivity contribution in [2.24, 2.45) is 11.7 Å². The van der Waals surface area contributed by atoms with Crippen LogP contribution in [0.15, 0.2) is 23.1 Å². The molecule has 1 saturated carbocycles. The monoisotopic (exact) mass is 296 g/mol. The molecule has 0 aliphatic heterocycles. The molecule has 0 radical (unpaired) electrons. The van der Waals surface area contributed by atoms with Crippen LogP contribution < -0.4 is 10.5 Å². The quantitative estimate of drug-likeness (QED) is 0.883. The minimum absolute atomic E-state index is 0.0201. The number of aryl methyl sites for hydroxylation is 1. The number of hydrogen-bond donors (Lipinski definition) is 2. The van der Waals surface area contributed by atoms with E-state index >= 15 is 0 Å². The van der Waals surface area contributed by atoms with Crippen LogP contribution in [-0.4, -0.2) is 20.4 Å². The molecule has 2 unspecified atom stereocenters. The predicted octanol–water partition coefficient (Wildman–Crippen LogP) is 1.56. The molecule has 5 nitrogen and oxygen atoms in total. The van der Waals surface area contributed by atoms with Gasteiger partial charge in [0.1, 0.15) is 0 Å². The third-order valence-electron chi connectivity index (χ3n) is 3.80. The van der Waals surface area contributed by atoms with Gasteiger partial charge in [-0.1, -0.05) is 13.0 Å². The van der Waals surface area contributed by atoms with Crippen molar-refractivity contribution in [1.29, 1.82) is 0 Å². The molecule has 1 aromatic rings. The Morgan fingerprint density at radius 1 is 1.35 bits per heavy atom. The molecule has 1 aliphatic carbocycles. The maximum absolute atomic E-state index is 12.3. The van der Waals surface area contributed by atoms with Gasteiger partial charge in [-0.05, 0) is 49.8 Å². The van der Waals surface area contributed by atoms with E-state index in [-0.39, 0.29) is 16.5 Å². The zero-order valence-corrected chi connectivity index (χ0v) is 12.5. The van der Waals surface area contributed by atoms with E-state index in [1.807, 2.05) is 0 Å². The summed E-state index contributed by atoms with van der Waals surface area (Å²) in [5.74, 6) is -0.0732. The highest BCUT2D eigenvalue weighted by molar-refractivity contribution is 7.89. The van der Waals surface area contributed by atoms with Crippen LogP contribution in [-0.2, 0) is 10.0 Å². The Morgan fingerprint density at radius 2 is 2.05 bits per heavy atom. The van der Waals surface area contributed by atoms with E-state index in [1.165, 1.54) is 12.1 Å². The van der Waals surface area contributed by atoms with Gasteiger partial charge in [0.05, 0.1) is 4.90 Å². The van der Waals surface area contributed by atoms with Gasteiger partial charge in [0.2, 0.25) is 15.9 Å². The topological polar surface area (TPSA) is 89.3 Å². The molecule has 0 aromatic heterocycles. The highest BCUT2D eigenvalue weighted by atomic mass is 32.2. The first-order valence-electron chi connectivity index (χ1n) is 6.72. The molecular formula is C14H20N2O3S. The second kappa shape index (κ2) is 5.54. The number of benzene rings is 1. The lowest BCUT2D eigenvalue weighted by Crippen LogP contribution is -2.33. The molecule has 1 amide bonds. The Morgan fingerprint density at radius 3 is 2.60 bits per heavy atom. The molecule has 0 bridgehead atoms. The maximum Gasteiger partial charge on any atom is 0.249 e. The number of primary amides is 1. The molecule has 1 aromatic carbocycles. The summed E-state index contributed by atoms with van der Waals surface area (Å²) in [4.78, 5) is 11.4. The summed E-state index contributed by atoms with van der Waals surface area (Å²) in [7, 11) is -3.60. The van der Waals surface area contributed by atoms with Gasteiger partial charge in [0.15, 0.2) is 0 Å². The lowest BCUT2D eigenvalue weighted by molar-refractivity contribution is 0.0999. The number of hydrogen-bond acceptors (Lipinski definition) is 3. The Labute approximate surface area is 119 Å². The van der Waals surface area contributed by atoms with Crippen molar-refractivity contribution in [2.45, 2.75) is 44.0 Å². The SMILES string of the molecule is Cc1ccc(S(=O)(=O)NC2CCC(C)C2)cc1C(N)=O. The largest absolute Gasteiger partial charge is 0.366 e. The molecule has 0 saturated heterocycles. The summed E-state index contributed by atoms with van der Waals surface area (Å²) in [6.07, 6.45) is 2.75. The number of amides is 1. The van der Waals surface area contributed by atoms with Crippen molar-refractivity contribution in [3.05, 3.63) is 29.3 Å². The first kappa shape index (κ1) is 15.0. The average Bonchev–Trinajstić information content (AvgIpc) is 2.73. The molecule has 1 aliphatic rings. The minimum Gasteiger partial charge on any atom is -0.366 e. The number of carbonyl (C=O) groups excluding carboxylic acids is 1. The fraction of sp³-hybridized carbons (Fsp3) is 0.500. The standard InChI is InChI=1S/C14H20N2O3S/c1-9-3-5-11(7-9)16-20(18,19)12-6-4-10(2)13(8-12)14(15)17/h4,6,8-9,11,16H,3,5,7H2,1-2H3,(H2,15,17). The van der Waals surface area contributed by atoms with Crippen LogP contribution in [0, 0.1) is 12.8 Å². The summed E-state index contributed by atoms with van der Waals surface area (Å²) in [6.45, 7) is 3.84. The van der Waals surface area contributed by atoms with Crippen LogP contribution in [0.1, 0.15) is 42.1 Å². The van der Waals surface area contributed by atoms with Crippen molar-refractivity contribution in [3.8, 4) is 0 Å². The van der Waals surface area contributed by atoms with Crippen LogP contribution in [0.25, 0.3) is 0 Å². The normalized spacial score (nSPS) is 22.9. The van der Waals surface area contributed by atoms with Crippen molar-refractivity contribution >= 4 is 15.9 Å². The van der Waals surface area contributed by atoms with E-state index in [0.717, 1.165) is 19.3 Å². The summed E-state index contributed by atoms with van der Waals surface area (Å²) < 4.78 is 27.3. The van der Waals surface area contributed by atoms with Crippen LogP contribution in [0.5, 0.6) is 0 Å². The zero-order valence-electron chi connectivity index (χ0n) is 11.7. The summed E-state index contributed by atoms with van der Waals surface area (Å²) in [5, 5.41) is 0. The third-order valence-corrected chi connectivity index (χ3v) is 5.32. The number of nitrogens with two attached hydrogens (primary N) is 1. The number of sulfonamides is 1. The summed E-state index contributed by atoms with van der Waals surface area (Å²) in [6, 6.07) is 4.43. The number of nitrogens with one attached hydrogen (secondary N) is 1. The first-order chi connectivity index (χ1) is 9.29. The van der Waals surface area contributed by atoms with Crippen molar-refractivity contribution in [1.82, 2.24) is 4.72 Å². The van der Waals surface area contributed by atoms with E-state index in [1.54, 1.807) is 13.0 Å². The molecule has 110 valence electrons. The molecule has 3 N–H and O–H groups in total. The van der Waals surface area contributed by atoms with Crippen LogP contribution in [0.2, 0.25) is 0 Å². The number of carbonyl (C=O) groups is 1. The second-order valence-corrected chi connectivity index (χ2v) is 7.29. The Hall–Kier alpha value is -1.40. The average molecular weight is 296 g/mol. The lowest BCUT2D eigenvalue weighted by Gasteiger charge is -2.14. The number of rotatable bonds is 4. The van der Waals surface area contributed by atoms with Gasteiger partial charge in [0.25, 0.3) is 0 Å². The van der Waals surface area contributed by atoms with Gasteiger partial charge >= 0.3 is 0 Å². The van der Waals surface area contributed by atoms with E-state index < -0.39 is 15.9 Å². The van der Waals surface area contributed by atoms with Gasteiger partial charge in [-0.25, -0.2) is 13.1 Å². The molecule has 0 heterocycles. The van der Waals surface area contributed by atoms with Crippen molar-refractivity contribution in [3.63, 3.8) is 0 Å². The van der Waals surface area contributed by atoms with Crippen LogP contribution in [0.3, 0.4) is 0 Å². The van der Waals surface area contributed by atoms with E-state index in [2.05, 4.69) is 11.6 Å². The van der Waals surface area contributed by atoms with E-state index in [0.29, 0.717) is 11.5 Å². The van der Waals surface area contributed by atoms with Crippen molar-refractivity contribution in [2.75, 3.05) is 0 Å². The third kappa shape index (κ3) is 3.19. The fourth-order valence-electron chi connectivity index (χ4n) is 2.64. The molecule has 2 atom stereocenters. The highest BCUT2D eigenvalue weighted by Crippen LogP contribution is 2.26. The van der Waals surface area contributed by atoms with Crippen LogP contribution >= 0.6 is 0 Å². The molecule has 2 rings (SSSR count). The smallest absolute Gasteiger partial charge is 0.249 e. The van der Waals surface area contributed by atoms with Gasteiger partial charge in [-0.15, -0.1) is 0 Å². The van der Waals surface area contributed by atoms with Gasteiger partial charge in [-0.2, -0.15) is 0 Å². The molecular weight excluding hydrogens is 276 g/mol. The van der Waals surface area contributed by atoms with Crippen molar-refractivity contribution < 1.29 is 13.2 Å². The van der Waals surface area contributed by atoms with Gasteiger partial charge in [-0.3, -0.25) is 4.79 Å². The summed E-state index contributed by atoms with van der Waals surface area (Å²) >= 11 is 0. The molecule has 20 heavy (non-hydrogen) atoms. The van der Waals surface area contributed by atoms with Gasteiger partial charge < -0.3 is 5.73 Å². The fourth-order valence-corrected chi connectivity index (χ4v) is 3.94. The van der Waals surface area contributed by atoms with E-state index in [9.17, 15) is 13.2 Å². The Balaban J connectivity index is 2.25. The Bertz CT molecular complexity index is 625. The Kier molecular flexibility index (Phi) is 4.15. The molecule has 6 heteroatoms. The molecule has 1 fully saturated rings. The maximum atomic E-state index is 12.3. The second-order valence-electron chi connectivity index (χ2n) is 5.58. The minimum atomic E-state index is -3.60. The first-order valence-corrected chi connectivity index (χ1v) is 8.20. The molecule has 0 spiro atoms. The predicted molar refractivity (Wildman–Crippen MR) is 76.8 cm³/mol. The van der Waals surface area contributed by atoms with E-state index in [4.69, 9.17) is 5.73 Å².